The van der Waals surface area contributed by atoms with Crippen LogP contribution in [0.25, 0.3) is 0 Å². The Bertz CT molecular complexity index is 1020. The van der Waals surface area contributed by atoms with Crippen molar-refractivity contribution in [1.29, 1.82) is 0 Å². The van der Waals surface area contributed by atoms with Crippen LogP contribution in [0, 0.1) is 17.0 Å². The number of sulfonamides is 1. The predicted molar refractivity (Wildman–Crippen MR) is 103 cm³/mol. The molecule has 0 spiro atoms. The Labute approximate surface area is 158 Å². The Morgan fingerprint density at radius 1 is 1.19 bits per heavy atom. The number of hydrogen-bond acceptors (Lipinski definition) is 5. The lowest BCUT2D eigenvalue weighted by Crippen LogP contribution is -2.47. The van der Waals surface area contributed by atoms with Crippen molar-refractivity contribution in [3.05, 3.63) is 63.7 Å². The number of rotatable bonds is 3. The lowest BCUT2D eigenvalue weighted by atomic mass is 9.89. The third-order valence-corrected chi connectivity index (χ3v) is 7.39. The Morgan fingerprint density at radius 3 is 2.67 bits per heavy atom. The van der Waals surface area contributed by atoms with Crippen LogP contribution >= 0.6 is 0 Å². The van der Waals surface area contributed by atoms with Crippen LogP contribution in [-0.4, -0.2) is 44.4 Å². The van der Waals surface area contributed by atoms with Gasteiger partial charge in [-0.05, 0) is 44.6 Å². The molecule has 2 aromatic rings. The summed E-state index contributed by atoms with van der Waals surface area (Å²) >= 11 is 0. The van der Waals surface area contributed by atoms with E-state index in [4.69, 9.17) is 0 Å². The average molecular weight is 387 g/mol. The van der Waals surface area contributed by atoms with E-state index in [-0.39, 0.29) is 22.5 Å². The molecule has 0 amide bonds. The average Bonchev–Trinajstić information content (AvgIpc) is 2.95. The number of likely N-dealkylation sites (tertiary alicyclic amines) is 1. The quantitative estimate of drug-likeness (QED) is 0.597. The fourth-order valence-corrected chi connectivity index (χ4v) is 6.18. The van der Waals surface area contributed by atoms with Gasteiger partial charge in [-0.3, -0.25) is 14.4 Å². The van der Waals surface area contributed by atoms with Crippen molar-refractivity contribution in [3.63, 3.8) is 0 Å². The van der Waals surface area contributed by atoms with Crippen LogP contribution in [0.4, 0.5) is 11.4 Å². The van der Waals surface area contributed by atoms with Crippen molar-refractivity contribution >= 4 is 21.4 Å². The predicted octanol–water partition coefficient (Wildman–Crippen LogP) is 2.90. The minimum Gasteiger partial charge on any atom is -0.306 e. The van der Waals surface area contributed by atoms with Crippen LogP contribution in [0.3, 0.4) is 0 Å². The molecule has 2 aliphatic heterocycles. The van der Waals surface area contributed by atoms with E-state index in [2.05, 4.69) is 4.90 Å². The van der Waals surface area contributed by atoms with Crippen molar-refractivity contribution in [1.82, 2.24) is 4.90 Å². The number of anilines is 1. The summed E-state index contributed by atoms with van der Waals surface area (Å²) in [4.78, 5) is 12.7. The first kappa shape index (κ1) is 17.9. The van der Waals surface area contributed by atoms with Crippen molar-refractivity contribution in [2.45, 2.75) is 30.2 Å². The molecule has 2 aromatic carbocycles. The second-order valence-corrected chi connectivity index (χ2v) is 9.10. The molecule has 0 aliphatic carbocycles. The van der Waals surface area contributed by atoms with Gasteiger partial charge in [-0.2, -0.15) is 0 Å². The molecule has 2 heterocycles. The molecule has 27 heavy (non-hydrogen) atoms. The maximum absolute atomic E-state index is 13.6. The maximum atomic E-state index is 13.6. The summed E-state index contributed by atoms with van der Waals surface area (Å²) in [5, 5.41) is 11.4. The Morgan fingerprint density at radius 2 is 1.93 bits per heavy atom. The lowest BCUT2D eigenvalue weighted by Gasteiger charge is -2.36. The van der Waals surface area contributed by atoms with E-state index in [9.17, 15) is 18.5 Å². The molecule has 0 radical (unpaired) electrons. The number of para-hydroxylation sites is 1. The second-order valence-electron chi connectivity index (χ2n) is 7.31. The molecule has 142 valence electrons. The smallest absolute Gasteiger partial charge is 0.289 e. The molecule has 1 saturated heterocycles. The SMILES string of the molecule is Cc1ccc2c(c1)C1CN(C)CCC1N2S(=O)(=O)c1ccccc1[N+](=O)[O-]. The van der Waals surface area contributed by atoms with Gasteiger partial charge in [0.2, 0.25) is 0 Å². The zero-order valence-corrected chi connectivity index (χ0v) is 16.0. The van der Waals surface area contributed by atoms with Crippen LogP contribution in [0.2, 0.25) is 0 Å². The first-order chi connectivity index (χ1) is 12.8. The van der Waals surface area contributed by atoms with Gasteiger partial charge in [0.1, 0.15) is 0 Å². The fourth-order valence-electron chi connectivity index (χ4n) is 4.28. The zero-order valence-electron chi connectivity index (χ0n) is 15.2. The Balaban J connectivity index is 1.90. The highest BCUT2D eigenvalue weighted by Crippen LogP contribution is 2.48. The standard InChI is InChI=1S/C19H21N3O4S/c1-13-7-8-16-14(11-13)15-12-20(2)10-9-17(15)21(16)27(25,26)19-6-4-3-5-18(19)22(23)24/h3-8,11,15,17H,9-10,12H2,1-2H3. The van der Waals surface area contributed by atoms with E-state index in [1.165, 1.54) is 28.6 Å². The highest BCUT2D eigenvalue weighted by molar-refractivity contribution is 7.93. The number of nitro benzene ring substituents is 1. The van der Waals surface area contributed by atoms with E-state index in [1.54, 1.807) is 0 Å². The molecule has 7 nitrogen and oxygen atoms in total. The number of benzene rings is 2. The molecule has 4 rings (SSSR count). The molecule has 2 unspecified atom stereocenters. The molecule has 0 bridgehead atoms. The third-order valence-electron chi connectivity index (χ3n) is 5.50. The van der Waals surface area contributed by atoms with Gasteiger partial charge in [0.25, 0.3) is 15.7 Å². The minimum absolute atomic E-state index is 0.0659. The van der Waals surface area contributed by atoms with Gasteiger partial charge < -0.3 is 4.90 Å². The van der Waals surface area contributed by atoms with Crippen molar-refractivity contribution in [3.8, 4) is 0 Å². The number of nitro groups is 1. The van der Waals surface area contributed by atoms with Crippen LogP contribution in [0.5, 0.6) is 0 Å². The molecular formula is C19H21N3O4S. The maximum Gasteiger partial charge on any atom is 0.289 e. The summed E-state index contributed by atoms with van der Waals surface area (Å²) in [6.07, 6.45) is 0.689. The summed E-state index contributed by atoms with van der Waals surface area (Å²) in [5.41, 5.74) is 2.34. The molecular weight excluding hydrogens is 366 g/mol. The van der Waals surface area contributed by atoms with E-state index in [1.807, 2.05) is 32.2 Å². The minimum atomic E-state index is -4.06. The highest BCUT2D eigenvalue weighted by Gasteiger charge is 2.47. The molecule has 0 aromatic heterocycles. The number of nitrogens with zero attached hydrogens (tertiary/aromatic N) is 3. The monoisotopic (exact) mass is 387 g/mol. The number of piperidine rings is 1. The van der Waals surface area contributed by atoms with Gasteiger partial charge in [-0.1, -0.05) is 29.8 Å². The van der Waals surface area contributed by atoms with Gasteiger partial charge in [0.05, 0.1) is 16.7 Å². The number of aryl methyl sites for hydroxylation is 1. The van der Waals surface area contributed by atoms with E-state index in [0.29, 0.717) is 12.1 Å². The first-order valence-corrected chi connectivity index (χ1v) is 10.3. The number of likely N-dealkylation sites (N-methyl/N-ethyl adjacent to an activating group) is 1. The molecule has 8 heteroatoms. The van der Waals surface area contributed by atoms with Crippen molar-refractivity contribution < 1.29 is 13.3 Å². The van der Waals surface area contributed by atoms with Gasteiger partial charge in [-0.15, -0.1) is 0 Å². The van der Waals surface area contributed by atoms with Crippen LogP contribution in [-0.2, 0) is 10.0 Å². The van der Waals surface area contributed by atoms with E-state index >= 15 is 0 Å². The summed E-state index contributed by atoms with van der Waals surface area (Å²) < 4.78 is 28.5. The Kier molecular flexibility index (Phi) is 4.20. The van der Waals surface area contributed by atoms with Crippen LogP contribution < -0.4 is 4.31 Å². The molecule has 0 N–H and O–H groups in total. The summed E-state index contributed by atoms with van der Waals surface area (Å²) in [6.45, 7) is 3.54. The molecule has 0 saturated carbocycles. The summed E-state index contributed by atoms with van der Waals surface area (Å²) in [5.74, 6) is 0.0659. The molecule has 2 atom stereocenters. The lowest BCUT2D eigenvalue weighted by molar-refractivity contribution is -0.387. The van der Waals surface area contributed by atoms with Crippen molar-refractivity contribution in [2.75, 3.05) is 24.4 Å². The van der Waals surface area contributed by atoms with Crippen molar-refractivity contribution in [2.24, 2.45) is 0 Å². The normalized spacial score (nSPS) is 22.4. The summed E-state index contributed by atoms with van der Waals surface area (Å²) in [7, 11) is -2.02. The molecule has 2 aliphatic rings. The van der Waals surface area contributed by atoms with Gasteiger partial charge in [0, 0.05) is 18.5 Å². The topological polar surface area (TPSA) is 83.8 Å². The van der Waals surface area contributed by atoms with Gasteiger partial charge in [-0.25, -0.2) is 8.42 Å². The summed E-state index contributed by atoms with van der Waals surface area (Å²) in [6, 6.07) is 11.1. The van der Waals surface area contributed by atoms with E-state index in [0.717, 1.165) is 24.2 Å². The Hall–Kier alpha value is -2.45. The largest absolute Gasteiger partial charge is 0.306 e. The first-order valence-electron chi connectivity index (χ1n) is 8.87. The van der Waals surface area contributed by atoms with Crippen LogP contribution in [0.15, 0.2) is 47.4 Å². The van der Waals surface area contributed by atoms with Crippen LogP contribution in [0.1, 0.15) is 23.5 Å². The van der Waals surface area contributed by atoms with Gasteiger partial charge >= 0.3 is 0 Å². The zero-order chi connectivity index (χ0) is 19.3. The van der Waals surface area contributed by atoms with Gasteiger partial charge in [0.15, 0.2) is 4.90 Å². The second kappa shape index (κ2) is 6.31. The number of hydrogen-bond donors (Lipinski definition) is 0. The molecule has 1 fully saturated rings. The van der Waals surface area contributed by atoms with E-state index < -0.39 is 14.9 Å². The number of fused-ring (bicyclic) bond motifs is 3. The fraction of sp³-hybridized carbons (Fsp3) is 0.368. The third kappa shape index (κ3) is 2.80. The highest BCUT2D eigenvalue weighted by atomic mass is 32.2.